The molecule has 5 heteroatoms. The lowest BCUT2D eigenvalue weighted by atomic mass is 10.0. The Balaban J connectivity index is 1.86. The van der Waals surface area contributed by atoms with E-state index >= 15 is 0 Å². The van der Waals surface area contributed by atoms with Gasteiger partial charge in [-0.25, -0.2) is 4.79 Å². The summed E-state index contributed by atoms with van der Waals surface area (Å²) in [5, 5.41) is 12.0. The molecule has 2 rings (SSSR count). The van der Waals surface area contributed by atoms with Gasteiger partial charge in [-0.2, -0.15) is 0 Å². The lowest BCUT2D eigenvalue weighted by molar-refractivity contribution is -0.119. The maximum atomic E-state index is 11.8. The van der Waals surface area contributed by atoms with Gasteiger partial charge in [0.25, 0.3) is 5.91 Å². The maximum absolute atomic E-state index is 11.8. The van der Waals surface area contributed by atoms with E-state index in [1.54, 1.807) is 0 Å². The van der Waals surface area contributed by atoms with Gasteiger partial charge in [-0.05, 0) is 41.8 Å². The molecule has 0 aliphatic heterocycles. The van der Waals surface area contributed by atoms with Crippen LogP contribution in [0.15, 0.2) is 48.5 Å². The second-order valence-electron chi connectivity index (χ2n) is 5.45. The van der Waals surface area contributed by atoms with Gasteiger partial charge in [-0.1, -0.05) is 32.0 Å². The molecule has 1 amide bonds. The molecule has 0 spiro atoms. The van der Waals surface area contributed by atoms with Crippen LogP contribution >= 0.6 is 0 Å². The molecule has 2 N–H and O–H groups in total. The summed E-state index contributed by atoms with van der Waals surface area (Å²) < 4.78 is 4.92. The first-order chi connectivity index (χ1) is 11.0. The maximum Gasteiger partial charge on any atom is 0.338 e. The van der Waals surface area contributed by atoms with E-state index < -0.39 is 11.9 Å². The van der Waals surface area contributed by atoms with Crippen LogP contribution in [0.4, 0.5) is 5.69 Å². The Hall–Kier alpha value is -2.82. The highest BCUT2D eigenvalue weighted by Crippen LogP contribution is 2.17. The molecule has 0 radical (unpaired) electrons. The standard InChI is InChI=1S/C18H19NO4/c1-12(2)13-6-8-15(9-7-13)19-17(21)11-23-18(22)14-4-3-5-16(20)10-14/h3-10,12,20H,11H2,1-2H3,(H,19,21). The lowest BCUT2D eigenvalue weighted by Crippen LogP contribution is -2.20. The number of phenols is 1. The van der Waals surface area contributed by atoms with Gasteiger partial charge in [0, 0.05) is 5.69 Å². The normalized spacial score (nSPS) is 10.4. The van der Waals surface area contributed by atoms with Crippen molar-refractivity contribution in [1.82, 2.24) is 0 Å². The van der Waals surface area contributed by atoms with E-state index in [1.807, 2.05) is 24.3 Å². The number of rotatable bonds is 5. The van der Waals surface area contributed by atoms with Gasteiger partial charge in [-0.3, -0.25) is 4.79 Å². The van der Waals surface area contributed by atoms with Crippen molar-refractivity contribution in [3.8, 4) is 5.75 Å². The zero-order valence-corrected chi connectivity index (χ0v) is 13.1. The molecule has 0 aromatic heterocycles. The van der Waals surface area contributed by atoms with Crippen LogP contribution in [0.3, 0.4) is 0 Å². The highest BCUT2D eigenvalue weighted by molar-refractivity contribution is 5.95. The summed E-state index contributed by atoms with van der Waals surface area (Å²) in [6.07, 6.45) is 0. The van der Waals surface area contributed by atoms with Crippen molar-refractivity contribution in [3.05, 3.63) is 59.7 Å². The smallest absolute Gasteiger partial charge is 0.338 e. The van der Waals surface area contributed by atoms with E-state index in [0.717, 1.165) is 0 Å². The molecule has 0 aliphatic rings. The number of anilines is 1. The Morgan fingerprint density at radius 2 is 1.83 bits per heavy atom. The second kappa shape index (κ2) is 7.45. The summed E-state index contributed by atoms with van der Waals surface area (Å²) in [6, 6.07) is 13.3. The monoisotopic (exact) mass is 313 g/mol. The van der Waals surface area contributed by atoms with E-state index in [-0.39, 0.29) is 17.9 Å². The van der Waals surface area contributed by atoms with Gasteiger partial charge in [0.15, 0.2) is 6.61 Å². The van der Waals surface area contributed by atoms with E-state index in [1.165, 1.54) is 29.8 Å². The third kappa shape index (κ3) is 4.85. The van der Waals surface area contributed by atoms with Crippen molar-refractivity contribution < 1.29 is 19.4 Å². The second-order valence-corrected chi connectivity index (χ2v) is 5.45. The summed E-state index contributed by atoms with van der Waals surface area (Å²) in [5.74, 6) is -0.695. The van der Waals surface area contributed by atoms with Crippen LogP contribution in [0.5, 0.6) is 5.75 Å². The molecule has 5 nitrogen and oxygen atoms in total. The molecule has 120 valence electrons. The molecule has 0 unspecified atom stereocenters. The van der Waals surface area contributed by atoms with E-state index in [2.05, 4.69) is 19.2 Å². The molecule has 2 aromatic rings. The highest BCUT2D eigenvalue weighted by Gasteiger charge is 2.11. The topological polar surface area (TPSA) is 75.6 Å². The molecule has 0 heterocycles. The molecule has 0 fully saturated rings. The molecular formula is C18H19NO4. The fraction of sp³-hybridized carbons (Fsp3) is 0.222. The minimum absolute atomic E-state index is 0.0332. The summed E-state index contributed by atoms with van der Waals surface area (Å²) in [6.45, 7) is 3.79. The Bertz CT molecular complexity index is 692. The first-order valence-electron chi connectivity index (χ1n) is 7.31. The molecule has 0 aliphatic carbocycles. The SMILES string of the molecule is CC(C)c1ccc(NC(=O)COC(=O)c2cccc(O)c2)cc1. The number of benzene rings is 2. The third-order valence-electron chi connectivity index (χ3n) is 3.28. The van der Waals surface area contributed by atoms with Crippen molar-refractivity contribution in [2.75, 3.05) is 11.9 Å². The molecule has 2 aromatic carbocycles. The number of amides is 1. The molecular weight excluding hydrogens is 294 g/mol. The Kier molecular flexibility index (Phi) is 5.36. The number of aromatic hydroxyl groups is 1. The Labute approximate surface area is 134 Å². The van der Waals surface area contributed by atoms with Crippen LogP contribution in [-0.2, 0) is 9.53 Å². The average molecular weight is 313 g/mol. The van der Waals surface area contributed by atoms with Crippen LogP contribution < -0.4 is 5.32 Å². The Morgan fingerprint density at radius 3 is 2.43 bits per heavy atom. The number of phenolic OH excluding ortho intramolecular Hbond substituents is 1. The largest absolute Gasteiger partial charge is 0.508 e. The minimum atomic E-state index is -0.661. The van der Waals surface area contributed by atoms with Crippen molar-refractivity contribution in [1.29, 1.82) is 0 Å². The van der Waals surface area contributed by atoms with Crippen molar-refractivity contribution in [3.63, 3.8) is 0 Å². The summed E-state index contributed by atoms with van der Waals surface area (Å²) >= 11 is 0. The zero-order chi connectivity index (χ0) is 16.8. The molecule has 0 saturated heterocycles. The number of ether oxygens (including phenoxy) is 1. The molecule has 0 saturated carbocycles. The predicted molar refractivity (Wildman–Crippen MR) is 87.6 cm³/mol. The first kappa shape index (κ1) is 16.5. The fourth-order valence-electron chi connectivity index (χ4n) is 2.00. The summed E-state index contributed by atoms with van der Waals surface area (Å²) in [5.41, 5.74) is 2.02. The number of esters is 1. The van der Waals surface area contributed by atoms with Crippen LogP contribution in [0.2, 0.25) is 0 Å². The van der Waals surface area contributed by atoms with Crippen LogP contribution in [-0.4, -0.2) is 23.6 Å². The quantitative estimate of drug-likeness (QED) is 0.830. The van der Waals surface area contributed by atoms with Crippen LogP contribution in [0.1, 0.15) is 35.7 Å². The fourth-order valence-corrected chi connectivity index (χ4v) is 2.00. The summed E-state index contributed by atoms with van der Waals surface area (Å²) in [7, 11) is 0. The van der Waals surface area contributed by atoms with Gasteiger partial charge in [-0.15, -0.1) is 0 Å². The van der Waals surface area contributed by atoms with Gasteiger partial charge in [0.05, 0.1) is 5.56 Å². The molecule has 0 bridgehead atoms. The van der Waals surface area contributed by atoms with Crippen molar-refractivity contribution >= 4 is 17.6 Å². The Morgan fingerprint density at radius 1 is 1.13 bits per heavy atom. The average Bonchev–Trinajstić information content (AvgIpc) is 2.53. The third-order valence-corrected chi connectivity index (χ3v) is 3.28. The van der Waals surface area contributed by atoms with E-state index in [9.17, 15) is 14.7 Å². The van der Waals surface area contributed by atoms with Crippen LogP contribution in [0.25, 0.3) is 0 Å². The van der Waals surface area contributed by atoms with Crippen molar-refractivity contribution in [2.24, 2.45) is 0 Å². The van der Waals surface area contributed by atoms with E-state index in [4.69, 9.17) is 4.74 Å². The van der Waals surface area contributed by atoms with E-state index in [0.29, 0.717) is 11.6 Å². The van der Waals surface area contributed by atoms with Gasteiger partial charge in [0.2, 0.25) is 0 Å². The lowest BCUT2D eigenvalue weighted by Gasteiger charge is -2.09. The van der Waals surface area contributed by atoms with Gasteiger partial charge < -0.3 is 15.2 Å². The number of carbonyl (C=O) groups excluding carboxylic acids is 2. The zero-order valence-electron chi connectivity index (χ0n) is 13.1. The van der Waals surface area contributed by atoms with Gasteiger partial charge >= 0.3 is 5.97 Å². The molecule has 23 heavy (non-hydrogen) atoms. The summed E-state index contributed by atoms with van der Waals surface area (Å²) in [4.78, 5) is 23.6. The number of hydrogen-bond donors (Lipinski definition) is 2. The van der Waals surface area contributed by atoms with Crippen LogP contribution in [0, 0.1) is 0 Å². The van der Waals surface area contributed by atoms with Gasteiger partial charge in [0.1, 0.15) is 5.75 Å². The first-order valence-corrected chi connectivity index (χ1v) is 7.31. The number of hydrogen-bond acceptors (Lipinski definition) is 4. The number of carbonyl (C=O) groups is 2. The highest BCUT2D eigenvalue weighted by atomic mass is 16.5. The van der Waals surface area contributed by atoms with Crippen molar-refractivity contribution in [2.45, 2.75) is 19.8 Å². The number of nitrogens with one attached hydrogen (secondary N) is 1. The predicted octanol–water partition coefficient (Wildman–Crippen LogP) is 3.31. The minimum Gasteiger partial charge on any atom is -0.508 e. The molecule has 0 atom stereocenters.